The molecular weight excluding hydrogens is 206 g/mol. The molecule has 3 rings (SSSR count). The molecule has 0 aliphatic heterocycles. The lowest BCUT2D eigenvalue weighted by Crippen LogP contribution is -2.10. The van der Waals surface area contributed by atoms with Crippen molar-refractivity contribution in [3.05, 3.63) is 46.5 Å². The minimum absolute atomic E-state index is 0.0921. The van der Waals surface area contributed by atoms with Crippen molar-refractivity contribution < 1.29 is 0 Å². The van der Waals surface area contributed by atoms with Gasteiger partial charge in [-0.25, -0.2) is 4.98 Å². The van der Waals surface area contributed by atoms with Crippen LogP contribution in [0.1, 0.15) is 24.2 Å². The minimum Gasteiger partial charge on any atom is -0.285 e. The average molecular weight is 217 g/mol. The molecule has 1 heterocycles. The molecule has 1 fully saturated rings. The van der Waals surface area contributed by atoms with Crippen molar-refractivity contribution in [2.75, 3.05) is 0 Å². The van der Waals surface area contributed by atoms with Gasteiger partial charge in [-0.1, -0.05) is 30.3 Å². The topological polar surface area (TPSA) is 44.5 Å². The van der Waals surface area contributed by atoms with Crippen molar-refractivity contribution in [2.45, 2.75) is 18.3 Å². The summed E-state index contributed by atoms with van der Waals surface area (Å²) in [6, 6.07) is 10.5. The fourth-order valence-corrected chi connectivity index (χ4v) is 2.18. The molecule has 3 nitrogen and oxygen atoms in total. The van der Waals surface area contributed by atoms with Gasteiger partial charge in [0.1, 0.15) is 5.82 Å². The maximum absolute atomic E-state index is 4.98. The Morgan fingerprint density at radius 2 is 1.87 bits per heavy atom. The van der Waals surface area contributed by atoms with E-state index < -0.39 is 0 Å². The first-order chi connectivity index (χ1) is 7.31. The van der Waals surface area contributed by atoms with E-state index in [1.165, 1.54) is 5.56 Å². The zero-order chi connectivity index (χ0) is 10.3. The van der Waals surface area contributed by atoms with Gasteiger partial charge in [-0.2, -0.15) is 0 Å². The number of H-pyrrole nitrogens is 2. The second-order valence-electron chi connectivity index (χ2n) is 3.96. The molecule has 1 aromatic carbocycles. The molecular formula is C11H11N3S. The normalized spacial score (nSPS) is 17.6. The summed E-state index contributed by atoms with van der Waals surface area (Å²) in [6.07, 6.45) is 2.29. The number of nitrogens with one attached hydrogen (secondary N) is 2. The molecule has 1 saturated carbocycles. The number of aromatic nitrogens is 3. The first-order valence-corrected chi connectivity index (χ1v) is 5.43. The minimum atomic E-state index is 0.0921. The zero-order valence-corrected chi connectivity index (χ0v) is 8.97. The van der Waals surface area contributed by atoms with Crippen molar-refractivity contribution in [1.29, 1.82) is 0 Å². The van der Waals surface area contributed by atoms with Gasteiger partial charge in [0.05, 0.1) is 5.41 Å². The van der Waals surface area contributed by atoms with Crippen LogP contribution in [0.25, 0.3) is 0 Å². The molecule has 0 amide bonds. The number of hydrogen-bond donors (Lipinski definition) is 2. The van der Waals surface area contributed by atoms with Crippen LogP contribution in [0.15, 0.2) is 30.3 Å². The highest BCUT2D eigenvalue weighted by Gasteiger charge is 2.48. The molecule has 1 aliphatic carbocycles. The predicted octanol–water partition coefficient (Wildman–Crippen LogP) is 2.55. The summed E-state index contributed by atoms with van der Waals surface area (Å²) in [5.74, 6) is 0.971. The van der Waals surface area contributed by atoms with Gasteiger partial charge in [0, 0.05) is 0 Å². The van der Waals surface area contributed by atoms with Crippen LogP contribution in [0.4, 0.5) is 0 Å². The van der Waals surface area contributed by atoms with Crippen molar-refractivity contribution in [1.82, 2.24) is 15.2 Å². The van der Waals surface area contributed by atoms with E-state index in [1.807, 2.05) is 6.07 Å². The molecule has 76 valence electrons. The highest BCUT2D eigenvalue weighted by atomic mass is 32.1. The second-order valence-corrected chi connectivity index (χ2v) is 4.35. The van der Waals surface area contributed by atoms with Gasteiger partial charge in [0.15, 0.2) is 0 Å². The maximum Gasteiger partial charge on any atom is 0.213 e. The van der Waals surface area contributed by atoms with Crippen molar-refractivity contribution in [3.8, 4) is 0 Å². The van der Waals surface area contributed by atoms with Crippen molar-refractivity contribution >= 4 is 12.2 Å². The molecule has 2 aromatic rings. The lowest BCUT2D eigenvalue weighted by atomic mass is 9.95. The van der Waals surface area contributed by atoms with E-state index in [0.717, 1.165) is 18.7 Å². The average Bonchev–Trinajstić information content (AvgIpc) is 2.98. The summed E-state index contributed by atoms with van der Waals surface area (Å²) in [5, 5.41) is 5.93. The van der Waals surface area contributed by atoms with E-state index in [-0.39, 0.29) is 5.41 Å². The lowest BCUT2D eigenvalue weighted by molar-refractivity contribution is 0.761. The maximum atomic E-state index is 4.98. The van der Waals surface area contributed by atoms with Crippen LogP contribution in [0, 0.1) is 4.77 Å². The summed E-state index contributed by atoms with van der Waals surface area (Å²) >= 11 is 4.98. The third kappa shape index (κ3) is 1.33. The van der Waals surface area contributed by atoms with Gasteiger partial charge < -0.3 is 0 Å². The van der Waals surface area contributed by atoms with Gasteiger partial charge in [0.25, 0.3) is 0 Å². The molecule has 0 spiro atoms. The Morgan fingerprint density at radius 3 is 2.40 bits per heavy atom. The Hall–Kier alpha value is -1.42. The summed E-state index contributed by atoms with van der Waals surface area (Å²) in [4.78, 5) is 4.32. The first kappa shape index (κ1) is 8.85. The van der Waals surface area contributed by atoms with E-state index in [4.69, 9.17) is 12.2 Å². The standard InChI is InChI=1S/C11H11N3S/c15-10-12-9(13-14-10)11(6-7-11)8-4-2-1-3-5-8/h1-5H,6-7H2,(H2,12,13,14,15). The van der Waals surface area contributed by atoms with Gasteiger partial charge in [0.2, 0.25) is 4.77 Å². The molecule has 15 heavy (non-hydrogen) atoms. The van der Waals surface area contributed by atoms with Crippen LogP contribution in [0.5, 0.6) is 0 Å². The Kier molecular flexibility index (Phi) is 1.79. The Labute approximate surface area is 92.6 Å². The summed E-state index contributed by atoms with van der Waals surface area (Å²) in [5.41, 5.74) is 1.41. The van der Waals surface area contributed by atoms with Crippen LogP contribution in [-0.2, 0) is 5.41 Å². The third-order valence-corrected chi connectivity index (χ3v) is 3.22. The molecule has 0 atom stereocenters. The molecule has 1 aliphatic rings. The number of hydrogen-bond acceptors (Lipinski definition) is 2. The smallest absolute Gasteiger partial charge is 0.213 e. The fraction of sp³-hybridized carbons (Fsp3) is 0.273. The molecule has 1 aromatic heterocycles. The Morgan fingerprint density at radius 1 is 1.13 bits per heavy atom. The SMILES string of the molecule is S=c1nc(C2(c3ccccc3)CC2)[nH][nH]1. The molecule has 0 radical (unpaired) electrons. The van der Waals surface area contributed by atoms with Crippen LogP contribution in [-0.4, -0.2) is 15.2 Å². The molecule has 0 unspecified atom stereocenters. The number of rotatable bonds is 2. The van der Waals surface area contributed by atoms with Gasteiger partial charge in [-0.15, -0.1) is 0 Å². The van der Waals surface area contributed by atoms with Crippen LogP contribution >= 0.6 is 12.2 Å². The Balaban J connectivity index is 2.09. The van der Waals surface area contributed by atoms with E-state index in [0.29, 0.717) is 4.77 Å². The zero-order valence-electron chi connectivity index (χ0n) is 8.16. The lowest BCUT2D eigenvalue weighted by Gasteiger charge is -2.11. The summed E-state index contributed by atoms with van der Waals surface area (Å²) in [7, 11) is 0. The van der Waals surface area contributed by atoms with Crippen LogP contribution in [0.3, 0.4) is 0 Å². The molecule has 2 N–H and O–H groups in total. The van der Waals surface area contributed by atoms with E-state index in [9.17, 15) is 0 Å². The highest BCUT2D eigenvalue weighted by molar-refractivity contribution is 7.71. The largest absolute Gasteiger partial charge is 0.285 e. The van der Waals surface area contributed by atoms with Gasteiger partial charge >= 0.3 is 0 Å². The highest BCUT2D eigenvalue weighted by Crippen LogP contribution is 2.51. The van der Waals surface area contributed by atoms with Gasteiger partial charge in [-0.3, -0.25) is 10.2 Å². The van der Waals surface area contributed by atoms with E-state index >= 15 is 0 Å². The molecule has 0 bridgehead atoms. The molecule has 0 saturated heterocycles. The quantitative estimate of drug-likeness (QED) is 0.759. The number of nitrogens with zero attached hydrogens (tertiary/aromatic N) is 1. The molecule has 4 heteroatoms. The monoisotopic (exact) mass is 217 g/mol. The van der Waals surface area contributed by atoms with Crippen molar-refractivity contribution in [2.24, 2.45) is 0 Å². The van der Waals surface area contributed by atoms with E-state index in [1.54, 1.807) is 0 Å². The van der Waals surface area contributed by atoms with Crippen molar-refractivity contribution in [3.63, 3.8) is 0 Å². The summed E-state index contributed by atoms with van der Waals surface area (Å²) in [6.45, 7) is 0. The predicted molar refractivity (Wildman–Crippen MR) is 60.2 cm³/mol. The van der Waals surface area contributed by atoms with E-state index in [2.05, 4.69) is 39.4 Å². The fourth-order valence-electron chi connectivity index (χ4n) is 2.04. The third-order valence-electron chi connectivity index (χ3n) is 3.03. The number of benzene rings is 1. The summed E-state index contributed by atoms with van der Waals surface area (Å²) < 4.78 is 0.534. The van der Waals surface area contributed by atoms with Crippen LogP contribution in [0.2, 0.25) is 0 Å². The second kappa shape index (κ2) is 3.03. The van der Waals surface area contributed by atoms with Crippen LogP contribution < -0.4 is 0 Å². The first-order valence-electron chi connectivity index (χ1n) is 5.02. The Bertz CT molecular complexity index is 522. The number of aromatic amines is 2. The van der Waals surface area contributed by atoms with Gasteiger partial charge in [-0.05, 0) is 30.6 Å².